The molecule has 0 heterocycles. The molecule has 0 unspecified atom stereocenters. The van der Waals surface area contributed by atoms with E-state index in [1.807, 2.05) is 0 Å². The molecule has 0 spiro atoms. The molecule has 6 heteroatoms. The highest BCUT2D eigenvalue weighted by Crippen LogP contribution is 1.90. The van der Waals surface area contributed by atoms with Crippen LogP contribution in [0.2, 0.25) is 0 Å². The van der Waals surface area contributed by atoms with Crippen molar-refractivity contribution in [3.8, 4) is 0 Å². The van der Waals surface area contributed by atoms with Gasteiger partial charge in [-0.3, -0.25) is 0 Å². The quantitative estimate of drug-likeness (QED) is 0.348. The minimum atomic E-state index is -4.20. The van der Waals surface area contributed by atoms with E-state index >= 15 is 0 Å². The van der Waals surface area contributed by atoms with Crippen molar-refractivity contribution in [3.05, 3.63) is 12.7 Å². The van der Waals surface area contributed by atoms with Gasteiger partial charge in [-0.2, -0.15) is 8.42 Å². The van der Waals surface area contributed by atoms with Gasteiger partial charge >= 0.3 is 10.4 Å². The molecular weight excluding hydrogens is 148 g/mol. The largest absolute Gasteiger partial charge is 0.426 e. The van der Waals surface area contributed by atoms with Crippen LogP contribution in [0, 0.1) is 0 Å². The predicted molar refractivity (Wildman–Crippen MR) is 28.8 cm³/mol. The third kappa shape index (κ3) is 4.10. The lowest BCUT2D eigenvalue weighted by atomic mass is 10.7. The summed E-state index contributed by atoms with van der Waals surface area (Å²) in [4.78, 5) is 0. The van der Waals surface area contributed by atoms with Crippen molar-refractivity contribution in [2.75, 3.05) is 6.61 Å². The first-order chi connectivity index (χ1) is 4.12. The van der Waals surface area contributed by atoms with Gasteiger partial charge in [0, 0.05) is 0 Å². The Bertz CT molecular complexity index is 169. The van der Waals surface area contributed by atoms with Crippen LogP contribution in [-0.4, -0.2) is 20.3 Å². The van der Waals surface area contributed by atoms with E-state index in [2.05, 4.69) is 15.1 Å². The smallest absolute Gasteiger partial charge is 0.242 e. The van der Waals surface area contributed by atoms with Crippen molar-refractivity contribution < 1.29 is 22.2 Å². The molecule has 0 saturated carbocycles. The van der Waals surface area contributed by atoms with Gasteiger partial charge in [-0.15, -0.1) is 6.58 Å². The highest BCUT2D eigenvalue weighted by Gasteiger charge is 2.07. The topological polar surface area (TPSA) is 72.8 Å². The molecule has 9 heavy (non-hydrogen) atoms. The molecule has 0 bridgehead atoms. The Hall–Kier alpha value is -0.430. The van der Waals surface area contributed by atoms with E-state index in [1.165, 1.54) is 6.08 Å². The Morgan fingerprint density at radius 1 is 1.67 bits per heavy atom. The summed E-state index contributed by atoms with van der Waals surface area (Å²) in [5, 5.41) is 7.57. The van der Waals surface area contributed by atoms with Gasteiger partial charge in [0.1, 0.15) is 0 Å². The summed E-state index contributed by atoms with van der Waals surface area (Å²) in [6.45, 7) is 2.95. The van der Waals surface area contributed by atoms with Crippen LogP contribution >= 0.6 is 0 Å². The molecule has 0 radical (unpaired) electrons. The summed E-state index contributed by atoms with van der Waals surface area (Å²) in [5.41, 5.74) is 0. The van der Waals surface area contributed by atoms with Crippen molar-refractivity contribution in [2.45, 2.75) is 0 Å². The molecule has 54 valence electrons. The molecule has 0 aromatic heterocycles. The first-order valence-electron chi connectivity index (χ1n) is 1.95. The Balaban J connectivity index is 3.74. The Morgan fingerprint density at radius 2 is 2.22 bits per heavy atom. The summed E-state index contributed by atoms with van der Waals surface area (Å²) in [7, 11) is -4.20. The zero-order chi connectivity index (χ0) is 7.33. The lowest BCUT2D eigenvalue weighted by molar-refractivity contribution is -0.142. The van der Waals surface area contributed by atoms with Crippen molar-refractivity contribution in [2.24, 2.45) is 0 Å². The number of hydrogen-bond acceptors (Lipinski definition) is 5. The van der Waals surface area contributed by atoms with Crippen LogP contribution in [0.3, 0.4) is 0 Å². The predicted octanol–water partition coefficient (Wildman–Crippen LogP) is -0.0766. The molecule has 5 nitrogen and oxygen atoms in total. The van der Waals surface area contributed by atoms with Crippen LogP contribution in [-0.2, 0) is 18.9 Å². The molecule has 0 atom stereocenters. The first kappa shape index (κ1) is 8.57. The monoisotopic (exact) mass is 154 g/mol. The maximum atomic E-state index is 10.0. The summed E-state index contributed by atoms with van der Waals surface area (Å²) in [6, 6.07) is 0. The van der Waals surface area contributed by atoms with E-state index in [4.69, 9.17) is 5.26 Å². The van der Waals surface area contributed by atoms with Crippen molar-refractivity contribution in [1.29, 1.82) is 0 Å². The average molecular weight is 154 g/mol. The van der Waals surface area contributed by atoms with Gasteiger partial charge in [0.2, 0.25) is 0 Å². The molecular formula is C3H6O5S. The highest BCUT2D eigenvalue weighted by molar-refractivity contribution is 7.81. The van der Waals surface area contributed by atoms with Crippen LogP contribution < -0.4 is 0 Å². The van der Waals surface area contributed by atoms with E-state index in [-0.39, 0.29) is 6.61 Å². The minimum absolute atomic E-state index is 0.219. The van der Waals surface area contributed by atoms with Crippen molar-refractivity contribution >= 4 is 10.4 Å². The summed E-state index contributed by atoms with van der Waals surface area (Å²) >= 11 is 0. The molecule has 0 aliphatic rings. The van der Waals surface area contributed by atoms with Gasteiger partial charge in [0.05, 0.1) is 6.61 Å². The second-order valence-corrected chi connectivity index (χ2v) is 2.26. The highest BCUT2D eigenvalue weighted by atomic mass is 32.3. The SMILES string of the molecule is C=CCOS(=O)(=O)OO. The Labute approximate surface area is 52.8 Å². The number of rotatable bonds is 4. The van der Waals surface area contributed by atoms with Crippen LogP contribution in [0.1, 0.15) is 0 Å². The molecule has 0 aliphatic carbocycles. The zero-order valence-electron chi connectivity index (χ0n) is 4.48. The minimum Gasteiger partial charge on any atom is -0.242 e. The third-order valence-electron chi connectivity index (χ3n) is 0.422. The van der Waals surface area contributed by atoms with E-state index < -0.39 is 10.4 Å². The van der Waals surface area contributed by atoms with E-state index in [0.717, 1.165) is 0 Å². The van der Waals surface area contributed by atoms with Crippen molar-refractivity contribution in [1.82, 2.24) is 0 Å². The van der Waals surface area contributed by atoms with Crippen LogP contribution in [0.5, 0.6) is 0 Å². The van der Waals surface area contributed by atoms with Crippen LogP contribution in [0.25, 0.3) is 0 Å². The molecule has 0 fully saturated rings. The van der Waals surface area contributed by atoms with E-state index in [0.29, 0.717) is 0 Å². The lowest BCUT2D eigenvalue weighted by Crippen LogP contribution is -2.07. The zero-order valence-corrected chi connectivity index (χ0v) is 5.30. The maximum Gasteiger partial charge on any atom is 0.426 e. The lowest BCUT2D eigenvalue weighted by Gasteiger charge is -1.94. The number of hydrogen-bond donors (Lipinski definition) is 1. The normalized spacial score (nSPS) is 11.2. The maximum absolute atomic E-state index is 10.0. The van der Waals surface area contributed by atoms with Gasteiger partial charge in [0.15, 0.2) is 0 Å². The average Bonchev–Trinajstić information content (AvgIpc) is 1.84. The summed E-state index contributed by atoms with van der Waals surface area (Å²) < 4.78 is 26.9. The van der Waals surface area contributed by atoms with Gasteiger partial charge < -0.3 is 0 Å². The fourth-order valence-corrected chi connectivity index (χ4v) is 0.459. The summed E-state index contributed by atoms with van der Waals surface area (Å²) in [6.07, 6.45) is 1.20. The van der Waals surface area contributed by atoms with Gasteiger partial charge in [0.25, 0.3) is 0 Å². The molecule has 1 N–H and O–H groups in total. The summed E-state index contributed by atoms with van der Waals surface area (Å²) in [5.74, 6) is 0. The molecule has 0 saturated heterocycles. The molecule has 0 aromatic rings. The fourth-order valence-electron chi connectivity index (χ4n) is 0.153. The van der Waals surface area contributed by atoms with E-state index in [9.17, 15) is 8.42 Å². The second kappa shape index (κ2) is 3.57. The molecule has 0 aliphatic heterocycles. The standard InChI is InChI=1S/C3H6O5S/c1-2-3-7-9(5,6)8-4/h2,4H,1,3H2. The fraction of sp³-hybridized carbons (Fsp3) is 0.333. The van der Waals surface area contributed by atoms with Crippen LogP contribution in [0.15, 0.2) is 12.7 Å². The molecule has 0 aromatic carbocycles. The first-order valence-corrected chi connectivity index (χ1v) is 3.29. The Morgan fingerprint density at radius 3 is 2.56 bits per heavy atom. The van der Waals surface area contributed by atoms with Gasteiger partial charge in [-0.05, 0) is 0 Å². The van der Waals surface area contributed by atoms with Gasteiger partial charge in [-0.1, -0.05) is 10.4 Å². The van der Waals surface area contributed by atoms with Gasteiger partial charge in [-0.25, -0.2) is 9.44 Å². The van der Waals surface area contributed by atoms with Crippen LogP contribution in [0.4, 0.5) is 0 Å². The molecule has 0 rings (SSSR count). The molecule has 0 amide bonds. The third-order valence-corrected chi connectivity index (χ3v) is 1.03. The second-order valence-electron chi connectivity index (χ2n) is 1.06. The Kier molecular flexibility index (Phi) is 3.40. The van der Waals surface area contributed by atoms with E-state index in [1.54, 1.807) is 0 Å². The van der Waals surface area contributed by atoms with Crippen molar-refractivity contribution in [3.63, 3.8) is 0 Å².